The van der Waals surface area contributed by atoms with E-state index < -0.39 is 6.36 Å². The van der Waals surface area contributed by atoms with Crippen molar-refractivity contribution in [3.8, 4) is 5.75 Å². The van der Waals surface area contributed by atoms with Crippen molar-refractivity contribution in [2.24, 2.45) is 0 Å². The summed E-state index contributed by atoms with van der Waals surface area (Å²) in [6.07, 6.45) is -3.47. The Balaban J connectivity index is 2.04. The molecule has 3 nitrogen and oxygen atoms in total. The van der Waals surface area contributed by atoms with Crippen molar-refractivity contribution in [2.75, 3.05) is 13.6 Å². The van der Waals surface area contributed by atoms with E-state index in [-0.39, 0.29) is 17.6 Å². The highest BCUT2D eigenvalue weighted by atomic mass is 19.4. The lowest BCUT2D eigenvalue weighted by Gasteiger charge is -2.29. The van der Waals surface area contributed by atoms with Crippen LogP contribution < -0.4 is 4.74 Å². The minimum absolute atomic E-state index is 0.105. The first-order valence-corrected chi connectivity index (χ1v) is 5.95. The van der Waals surface area contributed by atoms with Crippen LogP contribution in [0.15, 0.2) is 24.3 Å². The molecule has 0 radical (unpaired) electrons. The summed E-state index contributed by atoms with van der Waals surface area (Å²) in [7, 11) is 1.73. The Hall–Kier alpha value is -1.72. The number of hydrogen-bond acceptors (Lipinski definition) is 2. The normalized spacial score (nSPS) is 20.5. The molecule has 1 aromatic carbocycles. The Morgan fingerprint density at radius 2 is 1.89 bits per heavy atom. The highest BCUT2D eigenvalue weighted by Gasteiger charge is 2.31. The molecule has 19 heavy (non-hydrogen) atoms. The van der Waals surface area contributed by atoms with Crippen molar-refractivity contribution in [1.29, 1.82) is 0 Å². The number of piperidine rings is 1. The lowest BCUT2D eigenvalue weighted by atomic mass is 9.90. The van der Waals surface area contributed by atoms with Crippen LogP contribution in [-0.2, 0) is 4.79 Å². The third kappa shape index (κ3) is 3.62. The number of likely N-dealkylation sites (N-methyl/N-ethyl adjacent to an activating group) is 1. The van der Waals surface area contributed by atoms with Gasteiger partial charge >= 0.3 is 6.36 Å². The largest absolute Gasteiger partial charge is 0.573 e. The molecule has 0 bridgehead atoms. The molecule has 1 fully saturated rings. The van der Waals surface area contributed by atoms with Crippen LogP contribution in [0.25, 0.3) is 0 Å². The fourth-order valence-corrected chi connectivity index (χ4v) is 2.23. The standard InChI is InChI=1S/C13H14F3NO2/c1-17-8-10(4-7-12(17)18)9-2-5-11(6-3-9)19-13(14,15)16/h2-3,5-6,10H,4,7-8H2,1H3. The first kappa shape index (κ1) is 13.7. The number of likely N-dealkylation sites (tertiary alicyclic amines) is 1. The number of hydrogen-bond donors (Lipinski definition) is 0. The summed E-state index contributed by atoms with van der Waals surface area (Å²) in [6.45, 7) is 0.596. The summed E-state index contributed by atoms with van der Waals surface area (Å²) in [6, 6.07) is 5.85. The Kier molecular flexibility index (Phi) is 3.68. The molecule has 1 heterocycles. The number of rotatable bonds is 2. The SMILES string of the molecule is CN1CC(c2ccc(OC(F)(F)F)cc2)CCC1=O. The number of carbonyl (C=O) groups excluding carboxylic acids is 1. The van der Waals surface area contributed by atoms with Gasteiger partial charge in [0.15, 0.2) is 0 Å². The molecule has 1 aliphatic heterocycles. The number of alkyl halides is 3. The number of nitrogens with zero attached hydrogens (tertiary/aromatic N) is 1. The van der Waals surface area contributed by atoms with Crippen molar-refractivity contribution >= 4 is 5.91 Å². The second kappa shape index (κ2) is 5.11. The molecule has 2 rings (SSSR count). The van der Waals surface area contributed by atoms with E-state index >= 15 is 0 Å². The Morgan fingerprint density at radius 1 is 1.26 bits per heavy atom. The maximum atomic E-state index is 12.0. The van der Waals surface area contributed by atoms with Gasteiger partial charge in [-0.15, -0.1) is 13.2 Å². The van der Waals surface area contributed by atoms with E-state index in [1.54, 1.807) is 24.1 Å². The fourth-order valence-electron chi connectivity index (χ4n) is 2.23. The van der Waals surface area contributed by atoms with Crippen LogP contribution in [0, 0.1) is 0 Å². The quantitative estimate of drug-likeness (QED) is 0.829. The first-order chi connectivity index (χ1) is 8.85. The number of halogens is 3. The van der Waals surface area contributed by atoms with E-state index in [1.807, 2.05) is 0 Å². The Morgan fingerprint density at radius 3 is 2.42 bits per heavy atom. The molecule has 0 spiro atoms. The monoisotopic (exact) mass is 273 g/mol. The molecule has 1 aromatic rings. The smallest absolute Gasteiger partial charge is 0.406 e. The van der Waals surface area contributed by atoms with Gasteiger partial charge in [0.2, 0.25) is 5.91 Å². The molecule has 104 valence electrons. The molecule has 0 aliphatic carbocycles. The zero-order chi connectivity index (χ0) is 14.0. The van der Waals surface area contributed by atoms with Gasteiger partial charge in [-0.25, -0.2) is 0 Å². The number of benzene rings is 1. The number of ether oxygens (including phenoxy) is 1. The van der Waals surface area contributed by atoms with Gasteiger partial charge < -0.3 is 9.64 Å². The number of carbonyl (C=O) groups is 1. The minimum atomic E-state index is -4.67. The molecule has 1 saturated heterocycles. The summed E-state index contributed by atoms with van der Waals surface area (Å²) >= 11 is 0. The molecular weight excluding hydrogens is 259 g/mol. The molecule has 1 amide bonds. The van der Waals surface area contributed by atoms with Gasteiger partial charge in [-0.3, -0.25) is 4.79 Å². The van der Waals surface area contributed by atoms with Crippen molar-refractivity contribution in [3.63, 3.8) is 0 Å². The summed E-state index contributed by atoms with van der Waals surface area (Å²) in [5.41, 5.74) is 0.925. The van der Waals surface area contributed by atoms with E-state index in [1.165, 1.54) is 12.1 Å². The van der Waals surface area contributed by atoms with Crippen LogP contribution in [-0.4, -0.2) is 30.8 Å². The van der Waals surface area contributed by atoms with E-state index in [4.69, 9.17) is 0 Å². The van der Waals surface area contributed by atoms with Crippen LogP contribution in [0.3, 0.4) is 0 Å². The third-order valence-electron chi connectivity index (χ3n) is 3.21. The van der Waals surface area contributed by atoms with Crippen molar-refractivity contribution < 1.29 is 22.7 Å². The molecule has 1 unspecified atom stereocenters. The molecule has 0 N–H and O–H groups in total. The van der Waals surface area contributed by atoms with Gasteiger partial charge in [0, 0.05) is 25.9 Å². The average Bonchev–Trinajstić information content (AvgIpc) is 2.32. The number of amides is 1. The maximum absolute atomic E-state index is 12.0. The predicted molar refractivity (Wildman–Crippen MR) is 62.7 cm³/mol. The van der Waals surface area contributed by atoms with Crippen LogP contribution in [0.2, 0.25) is 0 Å². The molecule has 1 atom stereocenters. The summed E-state index contributed by atoms with van der Waals surface area (Å²) in [4.78, 5) is 13.0. The van der Waals surface area contributed by atoms with Gasteiger partial charge in [0.05, 0.1) is 0 Å². The summed E-state index contributed by atoms with van der Waals surface area (Å²) in [5.74, 6) is 0.0485. The highest BCUT2D eigenvalue weighted by Crippen LogP contribution is 2.29. The second-order valence-electron chi connectivity index (χ2n) is 4.63. The lowest BCUT2D eigenvalue weighted by molar-refractivity contribution is -0.274. The predicted octanol–water partition coefficient (Wildman–Crippen LogP) is 2.92. The van der Waals surface area contributed by atoms with Gasteiger partial charge in [-0.1, -0.05) is 12.1 Å². The van der Waals surface area contributed by atoms with Gasteiger partial charge in [0.25, 0.3) is 0 Å². The fraction of sp³-hybridized carbons (Fsp3) is 0.462. The Bertz CT molecular complexity index is 456. The van der Waals surface area contributed by atoms with Gasteiger partial charge in [-0.05, 0) is 24.1 Å². The molecular formula is C13H14F3NO2. The molecule has 0 aromatic heterocycles. The van der Waals surface area contributed by atoms with E-state index in [2.05, 4.69) is 4.74 Å². The van der Waals surface area contributed by atoms with E-state index in [0.717, 1.165) is 12.0 Å². The molecule has 0 saturated carbocycles. The Labute approximate surface area is 109 Å². The van der Waals surface area contributed by atoms with Crippen LogP contribution >= 0.6 is 0 Å². The van der Waals surface area contributed by atoms with Crippen molar-refractivity contribution in [2.45, 2.75) is 25.1 Å². The van der Waals surface area contributed by atoms with Gasteiger partial charge in [0.1, 0.15) is 5.75 Å². The topological polar surface area (TPSA) is 29.5 Å². The average molecular weight is 273 g/mol. The van der Waals surface area contributed by atoms with Crippen LogP contribution in [0.5, 0.6) is 5.75 Å². The van der Waals surface area contributed by atoms with Crippen molar-refractivity contribution in [3.05, 3.63) is 29.8 Å². The van der Waals surface area contributed by atoms with Crippen LogP contribution in [0.4, 0.5) is 13.2 Å². The maximum Gasteiger partial charge on any atom is 0.573 e. The summed E-state index contributed by atoms with van der Waals surface area (Å²) < 4.78 is 39.9. The second-order valence-corrected chi connectivity index (χ2v) is 4.63. The zero-order valence-electron chi connectivity index (χ0n) is 10.4. The molecule has 6 heteroatoms. The zero-order valence-corrected chi connectivity index (χ0v) is 10.4. The van der Waals surface area contributed by atoms with Crippen molar-refractivity contribution in [1.82, 2.24) is 4.90 Å². The van der Waals surface area contributed by atoms with Gasteiger partial charge in [-0.2, -0.15) is 0 Å². The third-order valence-corrected chi connectivity index (χ3v) is 3.21. The molecule has 1 aliphatic rings. The first-order valence-electron chi connectivity index (χ1n) is 5.95. The lowest BCUT2D eigenvalue weighted by Crippen LogP contribution is -2.35. The van der Waals surface area contributed by atoms with E-state index in [9.17, 15) is 18.0 Å². The highest BCUT2D eigenvalue weighted by molar-refractivity contribution is 5.76. The minimum Gasteiger partial charge on any atom is -0.406 e. The van der Waals surface area contributed by atoms with E-state index in [0.29, 0.717) is 13.0 Å². The summed E-state index contributed by atoms with van der Waals surface area (Å²) in [5, 5.41) is 0. The van der Waals surface area contributed by atoms with Crippen LogP contribution in [0.1, 0.15) is 24.3 Å².